The number of primary amides is 1. The molecule has 0 saturated carbocycles. The van der Waals surface area contributed by atoms with Crippen LogP contribution in [0.4, 0.5) is 4.79 Å². The highest BCUT2D eigenvalue weighted by molar-refractivity contribution is 5.93. The minimum absolute atomic E-state index is 0.282. The van der Waals surface area contributed by atoms with Crippen LogP contribution in [0.2, 0.25) is 0 Å². The van der Waals surface area contributed by atoms with Gasteiger partial charge in [0.2, 0.25) is 5.91 Å². The fourth-order valence-corrected chi connectivity index (χ4v) is 3.43. The number of nitrogens with one attached hydrogen (secondary N) is 1. The number of nitrogens with two attached hydrogens (primary N) is 1. The molecule has 0 unspecified atom stereocenters. The van der Waals surface area contributed by atoms with Gasteiger partial charge in [0, 0.05) is 19.0 Å². The molecule has 3 amide bonds. The first-order valence-corrected chi connectivity index (χ1v) is 7.96. The lowest BCUT2D eigenvalue weighted by atomic mass is 9.97. The highest BCUT2D eigenvalue weighted by Crippen LogP contribution is 2.35. The summed E-state index contributed by atoms with van der Waals surface area (Å²) in [4.78, 5) is 24.7. The SMILES string of the molecule is NC(=O)NC(=O)CCN1CCC[C@@H]1c1cccc2ccccc12. The molecule has 1 atom stereocenters. The van der Waals surface area contributed by atoms with Gasteiger partial charge in [-0.05, 0) is 35.7 Å². The summed E-state index contributed by atoms with van der Waals surface area (Å²) in [5, 5.41) is 4.64. The monoisotopic (exact) mass is 311 g/mol. The van der Waals surface area contributed by atoms with Crippen LogP contribution < -0.4 is 11.1 Å². The molecule has 120 valence electrons. The lowest BCUT2D eigenvalue weighted by Gasteiger charge is -2.25. The van der Waals surface area contributed by atoms with Crippen LogP contribution in [0.3, 0.4) is 0 Å². The van der Waals surface area contributed by atoms with Gasteiger partial charge in [-0.25, -0.2) is 4.79 Å². The topological polar surface area (TPSA) is 75.4 Å². The number of urea groups is 1. The third-order valence-corrected chi connectivity index (χ3v) is 4.43. The van der Waals surface area contributed by atoms with Crippen molar-refractivity contribution >= 4 is 22.7 Å². The number of rotatable bonds is 4. The van der Waals surface area contributed by atoms with E-state index in [4.69, 9.17) is 5.73 Å². The Bertz CT molecular complexity index is 724. The normalized spacial score (nSPS) is 18.2. The second kappa shape index (κ2) is 6.79. The number of hydrogen-bond acceptors (Lipinski definition) is 3. The highest BCUT2D eigenvalue weighted by Gasteiger charge is 2.27. The molecule has 3 rings (SSSR count). The van der Waals surface area contributed by atoms with Crippen LogP contribution in [0.5, 0.6) is 0 Å². The quantitative estimate of drug-likeness (QED) is 0.911. The minimum Gasteiger partial charge on any atom is -0.351 e. The van der Waals surface area contributed by atoms with Crippen molar-refractivity contribution in [1.82, 2.24) is 10.2 Å². The summed E-state index contributed by atoms with van der Waals surface area (Å²) in [6, 6.07) is 14.3. The summed E-state index contributed by atoms with van der Waals surface area (Å²) in [6.45, 7) is 1.60. The zero-order chi connectivity index (χ0) is 16.2. The maximum absolute atomic E-state index is 11.6. The molecule has 2 aromatic rings. The van der Waals surface area contributed by atoms with E-state index < -0.39 is 6.03 Å². The molecule has 2 aromatic carbocycles. The van der Waals surface area contributed by atoms with Gasteiger partial charge in [-0.1, -0.05) is 42.5 Å². The standard InChI is InChI=1S/C18H21N3O2/c19-18(23)20-17(22)10-12-21-11-4-9-16(21)15-8-3-6-13-5-1-2-7-14(13)15/h1-3,5-8,16H,4,9-12H2,(H3,19,20,22,23)/t16-/m1/s1. The van der Waals surface area contributed by atoms with E-state index in [-0.39, 0.29) is 12.3 Å². The van der Waals surface area contributed by atoms with Crippen LogP contribution in [0.25, 0.3) is 10.8 Å². The van der Waals surface area contributed by atoms with Crippen molar-refractivity contribution in [2.45, 2.75) is 25.3 Å². The number of fused-ring (bicyclic) bond motifs is 1. The van der Waals surface area contributed by atoms with Crippen molar-refractivity contribution in [3.05, 3.63) is 48.0 Å². The smallest absolute Gasteiger partial charge is 0.318 e. The Morgan fingerprint density at radius 3 is 2.78 bits per heavy atom. The molecule has 1 heterocycles. The largest absolute Gasteiger partial charge is 0.351 e. The van der Waals surface area contributed by atoms with Gasteiger partial charge >= 0.3 is 6.03 Å². The molecule has 1 aliphatic heterocycles. The molecule has 0 aliphatic carbocycles. The van der Waals surface area contributed by atoms with Crippen LogP contribution in [-0.4, -0.2) is 29.9 Å². The van der Waals surface area contributed by atoms with Crippen molar-refractivity contribution in [1.29, 1.82) is 0 Å². The summed E-state index contributed by atoms with van der Waals surface area (Å²) in [7, 11) is 0. The van der Waals surface area contributed by atoms with Crippen molar-refractivity contribution in [2.24, 2.45) is 5.73 Å². The van der Waals surface area contributed by atoms with Crippen LogP contribution in [-0.2, 0) is 4.79 Å². The number of carbonyl (C=O) groups is 2. The zero-order valence-corrected chi connectivity index (χ0v) is 13.0. The van der Waals surface area contributed by atoms with Crippen molar-refractivity contribution in [2.75, 3.05) is 13.1 Å². The molecule has 1 saturated heterocycles. The first-order chi connectivity index (χ1) is 11.1. The molecular weight excluding hydrogens is 290 g/mol. The van der Waals surface area contributed by atoms with Crippen LogP contribution in [0, 0.1) is 0 Å². The third-order valence-electron chi connectivity index (χ3n) is 4.43. The molecule has 0 spiro atoms. The van der Waals surface area contributed by atoms with Gasteiger partial charge in [0.05, 0.1) is 0 Å². The van der Waals surface area contributed by atoms with Crippen LogP contribution in [0.15, 0.2) is 42.5 Å². The highest BCUT2D eigenvalue weighted by atomic mass is 16.2. The Hall–Kier alpha value is -2.40. The van der Waals surface area contributed by atoms with Gasteiger partial charge in [0.15, 0.2) is 0 Å². The number of carbonyl (C=O) groups excluding carboxylic acids is 2. The molecule has 1 fully saturated rings. The Labute approximate surface area is 135 Å². The minimum atomic E-state index is -0.790. The molecule has 3 N–H and O–H groups in total. The molecule has 0 bridgehead atoms. The average Bonchev–Trinajstić information content (AvgIpc) is 3.00. The third kappa shape index (κ3) is 3.51. The van der Waals surface area contributed by atoms with E-state index in [1.165, 1.54) is 16.3 Å². The van der Waals surface area contributed by atoms with Gasteiger partial charge in [-0.3, -0.25) is 15.0 Å². The molecule has 23 heavy (non-hydrogen) atoms. The van der Waals surface area contributed by atoms with Gasteiger partial charge < -0.3 is 5.73 Å². The Morgan fingerprint density at radius 1 is 1.17 bits per heavy atom. The first-order valence-electron chi connectivity index (χ1n) is 7.96. The number of imide groups is 1. The average molecular weight is 311 g/mol. The van der Waals surface area contributed by atoms with Crippen molar-refractivity contribution in [3.8, 4) is 0 Å². The second-order valence-corrected chi connectivity index (χ2v) is 5.92. The van der Waals surface area contributed by atoms with Crippen LogP contribution in [0.1, 0.15) is 30.9 Å². The lowest BCUT2D eigenvalue weighted by molar-refractivity contribution is -0.120. The Balaban J connectivity index is 1.76. The number of nitrogens with zero attached hydrogens (tertiary/aromatic N) is 1. The summed E-state index contributed by atoms with van der Waals surface area (Å²) in [5.74, 6) is -0.318. The van der Waals surface area contributed by atoms with E-state index in [0.29, 0.717) is 12.6 Å². The summed E-state index contributed by atoms with van der Waals surface area (Å²) in [6.07, 6.45) is 2.49. The number of likely N-dealkylation sites (tertiary alicyclic amines) is 1. The molecule has 1 aliphatic rings. The van der Waals surface area contributed by atoms with Crippen LogP contribution >= 0.6 is 0 Å². The van der Waals surface area contributed by atoms with Gasteiger partial charge in [0.25, 0.3) is 0 Å². The number of amides is 3. The van der Waals surface area contributed by atoms with Gasteiger partial charge in [-0.2, -0.15) is 0 Å². The summed E-state index contributed by atoms with van der Waals surface area (Å²) < 4.78 is 0. The van der Waals surface area contributed by atoms with Gasteiger partial charge in [0.1, 0.15) is 0 Å². The molecule has 5 nitrogen and oxygen atoms in total. The van der Waals surface area contributed by atoms with E-state index in [1.807, 2.05) is 6.07 Å². The predicted molar refractivity (Wildman–Crippen MR) is 89.8 cm³/mol. The number of hydrogen-bond donors (Lipinski definition) is 2. The van der Waals surface area contributed by atoms with E-state index >= 15 is 0 Å². The fraction of sp³-hybridized carbons (Fsp3) is 0.333. The Morgan fingerprint density at radius 2 is 1.96 bits per heavy atom. The maximum Gasteiger partial charge on any atom is 0.318 e. The second-order valence-electron chi connectivity index (χ2n) is 5.92. The van der Waals surface area contributed by atoms with E-state index in [0.717, 1.165) is 19.4 Å². The molecule has 5 heteroatoms. The fourth-order valence-electron chi connectivity index (χ4n) is 3.43. The van der Waals surface area contributed by atoms with Crippen molar-refractivity contribution in [3.63, 3.8) is 0 Å². The predicted octanol–water partition coefficient (Wildman–Crippen LogP) is 2.56. The molecule has 0 radical (unpaired) electrons. The van der Waals surface area contributed by atoms with E-state index in [2.05, 4.69) is 46.6 Å². The maximum atomic E-state index is 11.6. The zero-order valence-electron chi connectivity index (χ0n) is 13.0. The first kappa shape index (κ1) is 15.5. The van der Waals surface area contributed by atoms with E-state index in [9.17, 15) is 9.59 Å². The summed E-state index contributed by atoms with van der Waals surface area (Å²) in [5.41, 5.74) is 6.29. The molecular formula is C18H21N3O2. The van der Waals surface area contributed by atoms with Gasteiger partial charge in [-0.15, -0.1) is 0 Å². The van der Waals surface area contributed by atoms with E-state index in [1.54, 1.807) is 0 Å². The van der Waals surface area contributed by atoms with Crippen molar-refractivity contribution < 1.29 is 9.59 Å². The Kier molecular flexibility index (Phi) is 4.57. The lowest BCUT2D eigenvalue weighted by Crippen LogP contribution is -2.37. The summed E-state index contributed by atoms with van der Waals surface area (Å²) >= 11 is 0. The molecule has 0 aromatic heterocycles. The number of benzene rings is 2.